The molecule has 2 heteroatoms. The number of pyridine rings is 2. The van der Waals surface area contributed by atoms with Gasteiger partial charge in [0.05, 0.1) is 0 Å². The summed E-state index contributed by atoms with van der Waals surface area (Å²) in [4.78, 5) is 0. The van der Waals surface area contributed by atoms with Crippen molar-refractivity contribution in [1.82, 2.24) is 0 Å². The van der Waals surface area contributed by atoms with Crippen LogP contribution in [0.3, 0.4) is 0 Å². The molecular formula is C14H20N2+2. The number of aromatic nitrogens is 2. The van der Waals surface area contributed by atoms with Crippen molar-refractivity contribution in [2.75, 3.05) is 0 Å². The summed E-state index contributed by atoms with van der Waals surface area (Å²) < 4.78 is 4.20. The predicted octanol–water partition coefficient (Wildman–Crippen LogP) is 2.12. The van der Waals surface area contributed by atoms with Gasteiger partial charge in [-0.2, -0.15) is 0 Å². The summed E-state index contributed by atoms with van der Waals surface area (Å²) in [5.74, 6) is 0. The van der Waals surface area contributed by atoms with Gasteiger partial charge in [-0.3, -0.25) is 0 Å². The van der Waals surface area contributed by atoms with Gasteiger partial charge in [-0.15, -0.1) is 0 Å². The molecule has 0 amide bonds. The van der Waals surface area contributed by atoms with Gasteiger partial charge < -0.3 is 0 Å². The number of aryl methyl sites for hydroxylation is 2. The molecule has 2 nitrogen and oxygen atoms in total. The molecule has 16 heavy (non-hydrogen) atoms. The van der Waals surface area contributed by atoms with E-state index in [0.717, 1.165) is 6.54 Å². The molecule has 2 aromatic rings. The minimum atomic E-state index is 0. The van der Waals surface area contributed by atoms with E-state index in [1.54, 1.807) is 0 Å². The lowest BCUT2D eigenvalue weighted by molar-refractivity contribution is -0.693. The Labute approximate surface area is 97.8 Å². The van der Waals surface area contributed by atoms with E-state index in [1.807, 2.05) is 11.6 Å². The van der Waals surface area contributed by atoms with Crippen LogP contribution in [0.2, 0.25) is 0 Å². The van der Waals surface area contributed by atoms with E-state index in [1.165, 1.54) is 11.1 Å². The van der Waals surface area contributed by atoms with Gasteiger partial charge in [-0.25, -0.2) is 9.13 Å². The van der Waals surface area contributed by atoms with E-state index in [0.29, 0.717) is 0 Å². The van der Waals surface area contributed by atoms with E-state index in [2.05, 4.69) is 60.5 Å². The fourth-order valence-corrected chi connectivity index (χ4v) is 1.55. The van der Waals surface area contributed by atoms with Crippen LogP contribution in [0.15, 0.2) is 49.1 Å². The van der Waals surface area contributed by atoms with Crippen molar-refractivity contribution < 1.29 is 9.13 Å². The molecule has 84 valence electrons. The van der Waals surface area contributed by atoms with Crippen LogP contribution in [0.25, 0.3) is 11.1 Å². The molecule has 2 heterocycles. The largest absolute Gasteiger partial charge is 0.208 e. The Kier molecular flexibility index (Phi) is 4.18. The second-order valence-corrected chi connectivity index (χ2v) is 3.67. The van der Waals surface area contributed by atoms with E-state index in [9.17, 15) is 0 Å². The maximum absolute atomic E-state index is 2.16. The monoisotopic (exact) mass is 216 g/mol. The second-order valence-electron chi connectivity index (χ2n) is 3.67. The lowest BCUT2D eigenvalue weighted by Crippen LogP contribution is -2.30. The summed E-state index contributed by atoms with van der Waals surface area (Å²) in [5, 5.41) is 0. The first kappa shape index (κ1) is 12.4. The maximum Gasteiger partial charge on any atom is 0.169 e. The molecule has 0 bridgehead atoms. The van der Waals surface area contributed by atoms with Crippen LogP contribution in [-0.2, 0) is 13.6 Å². The van der Waals surface area contributed by atoms with Crippen molar-refractivity contribution in [3.05, 3.63) is 49.1 Å². The summed E-state index contributed by atoms with van der Waals surface area (Å²) in [6.07, 6.45) is 8.36. The van der Waals surface area contributed by atoms with Crippen LogP contribution in [0.5, 0.6) is 0 Å². The normalized spacial score (nSPS) is 9.62. The third-order valence-corrected chi connectivity index (χ3v) is 2.57. The molecule has 0 aliphatic carbocycles. The maximum atomic E-state index is 2.16. The Morgan fingerprint density at radius 2 is 1.31 bits per heavy atom. The zero-order valence-corrected chi connectivity index (χ0v) is 9.22. The van der Waals surface area contributed by atoms with Gasteiger partial charge in [-0.1, -0.05) is 7.43 Å². The first-order chi connectivity index (χ1) is 7.29. The van der Waals surface area contributed by atoms with Gasteiger partial charge in [0.25, 0.3) is 0 Å². The van der Waals surface area contributed by atoms with E-state index in [-0.39, 0.29) is 7.43 Å². The molecule has 2 rings (SSSR count). The van der Waals surface area contributed by atoms with Gasteiger partial charge in [0.15, 0.2) is 24.8 Å². The van der Waals surface area contributed by atoms with Crippen molar-refractivity contribution in [2.45, 2.75) is 20.9 Å². The summed E-state index contributed by atoms with van der Waals surface area (Å²) in [6.45, 7) is 3.16. The lowest BCUT2D eigenvalue weighted by atomic mass is 10.1. The molecular weight excluding hydrogens is 196 g/mol. The number of nitrogens with zero attached hydrogens (tertiary/aromatic N) is 2. The smallest absolute Gasteiger partial charge is 0.169 e. The number of hydrogen-bond donors (Lipinski definition) is 0. The topological polar surface area (TPSA) is 7.76 Å². The van der Waals surface area contributed by atoms with Crippen LogP contribution in [0, 0.1) is 0 Å². The first-order valence-electron chi connectivity index (χ1n) is 5.24. The summed E-state index contributed by atoms with van der Waals surface area (Å²) >= 11 is 0. The minimum Gasteiger partial charge on any atom is -0.208 e. The molecule has 0 saturated carbocycles. The first-order valence-corrected chi connectivity index (χ1v) is 5.24. The van der Waals surface area contributed by atoms with E-state index in [4.69, 9.17) is 0 Å². The SMILES string of the molecule is C.CC[n+]1ccc(-c2cc[n+](C)cc2)cc1. The van der Waals surface area contributed by atoms with Crippen LogP contribution in [-0.4, -0.2) is 0 Å². The fraction of sp³-hybridized carbons (Fsp3) is 0.286. The molecule has 0 aromatic carbocycles. The van der Waals surface area contributed by atoms with Gasteiger partial charge >= 0.3 is 0 Å². The molecule has 0 fully saturated rings. The molecule has 0 N–H and O–H groups in total. The minimum absolute atomic E-state index is 0. The average Bonchev–Trinajstić information content (AvgIpc) is 2.30. The van der Waals surface area contributed by atoms with Crippen molar-refractivity contribution in [2.24, 2.45) is 7.05 Å². The quantitative estimate of drug-likeness (QED) is 0.679. The molecule has 0 aliphatic rings. The Morgan fingerprint density at radius 3 is 1.75 bits per heavy atom. The van der Waals surface area contributed by atoms with Crippen LogP contribution in [0.4, 0.5) is 0 Å². The standard InChI is InChI=1S/C13H16N2.CH4/c1-3-15-10-6-13(7-11-15)12-4-8-14(2)9-5-12;/h4-11H,3H2,1-2H3;1H4/q+2;. The third-order valence-electron chi connectivity index (χ3n) is 2.57. The Morgan fingerprint density at radius 1 is 0.875 bits per heavy atom. The molecule has 0 saturated heterocycles. The highest BCUT2D eigenvalue weighted by atomic mass is 14.9. The van der Waals surface area contributed by atoms with Gasteiger partial charge in [0.2, 0.25) is 0 Å². The van der Waals surface area contributed by atoms with Crippen molar-refractivity contribution in [1.29, 1.82) is 0 Å². The molecule has 0 unspecified atom stereocenters. The summed E-state index contributed by atoms with van der Waals surface area (Å²) in [5.41, 5.74) is 2.52. The number of rotatable bonds is 2. The Balaban J connectivity index is 0.00000128. The summed E-state index contributed by atoms with van der Waals surface area (Å²) in [6, 6.07) is 8.56. The third kappa shape index (κ3) is 2.66. The van der Waals surface area contributed by atoms with Crippen LogP contribution in [0.1, 0.15) is 14.4 Å². The highest BCUT2D eigenvalue weighted by molar-refractivity contribution is 5.60. The van der Waals surface area contributed by atoms with Gasteiger partial charge in [-0.05, 0) is 18.1 Å². The molecule has 0 aliphatic heterocycles. The van der Waals surface area contributed by atoms with E-state index >= 15 is 0 Å². The predicted molar refractivity (Wildman–Crippen MR) is 65.7 cm³/mol. The highest BCUT2D eigenvalue weighted by Crippen LogP contribution is 2.15. The Bertz CT molecular complexity index is 429. The lowest BCUT2D eigenvalue weighted by Gasteiger charge is -1.98. The molecule has 0 atom stereocenters. The zero-order valence-electron chi connectivity index (χ0n) is 9.22. The molecule has 0 radical (unpaired) electrons. The van der Waals surface area contributed by atoms with Crippen molar-refractivity contribution in [3.8, 4) is 11.1 Å². The van der Waals surface area contributed by atoms with Gasteiger partial charge in [0, 0.05) is 24.3 Å². The second kappa shape index (κ2) is 5.40. The Hall–Kier alpha value is -1.70. The fourth-order valence-electron chi connectivity index (χ4n) is 1.55. The molecule has 2 aromatic heterocycles. The zero-order chi connectivity index (χ0) is 10.7. The van der Waals surface area contributed by atoms with Crippen molar-refractivity contribution in [3.63, 3.8) is 0 Å². The summed E-state index contributed by atoms with van der Waals surface area (Å²) in [7, 11) is 2.03. The highest BCUT2D eigenvalue weighted by Gasteiger charge is 2.02. The van der Waals surface area contributed by atoms with Crippen LogP contribution >= 0.6 is 0 Å². The average molecular weight is 216 g/mol. The van der Waals surface area contributed by atoms with Gasteiger partial charge in [0.1, 0.15) is 13.6 Å². The van der Waals surface area contributed by atoms with Crippen molar-refractivity contribution >= 4 is 0 Å². The van der Waals surface area contributed by atoms with Crippen LogP contribution < -0.4 is 9.13 Å². The molecule has 0 spiro atoms. The number of hydrogen-bond acceptors (Lipinski definition) is 0. The van der Waals surface area contributed by atoms with E-state index < -0.39 is 0 Å².